The van der Waals surface area contributed by atoms with Gasteiger partial charge in [0, 0.05) is 7.05 Å². The summed E-state index contributed by atoms with van der Waals surface area (Å²) in [6.45, 7) is -0.255. The maximum Gasteiger partial charge on any atom is 0.354 e. The molecular weight excluding hydrogens is 304 g/mol. The largest absolute Gasteiger partial charge is 0.484 e. The van der Waals surface area contributed by atoms with Crippen molar-refractivity contribution in [1.29, 1.82) is 0 Å². The molecule has 0 aliphatic carbocycles. The number of hydrogen-bond donors (Lipinski definition) is 3. The van der Waals surface area contributed by atoms with Gasteiger partial charge >= 0.3 is 5.69 Å². The summed E-state index contributed by atoms with van der Waals surface area (Å²) in [5.74, 6) is -0.0920. The van der Waals surface area contributed by atoms with Crippen LogP contribution in [0.5, 0.6) is 5.75 Å². The van der Waals surface area contributed by atoms with Gasteiger partial charge in [-0.15, -0.1) is 0 Å². The molecule has 2 rings (SSSR count). The number of hydrazine groups is 1. The van der Waals surface area contributed by atoms with Crippen molar-refractivity contribution in [3.63, 3.8) is 0 Å². The number of amides is 1. The Labute approximate surface area is 131 Å². The maximum absolute atomic E-state index is 11.7. The average Bonchev–Trinajstić information content (AvgIpc) is 2.58. The van der Waals surface area contributed by atoms with Gasteiger partial charge in [-0.05, 0) is 12.1 Å². The standard InChI is InChI=1S/C13H14N6O4/c1-14-12-11(19(21)22)13(16-8-15-12)18-17-10(20)7-23-9-5-3-2-4-6-9/h2-6,8H,7H2,1H3,(H,17,20)(H2,14,15,16,18). The Morgan fingerprint density at radius 3 is 2.61 bits per heavy atom. The zero-order valence-electron chi connectivity index (χ0n) is 12.1. The smallest absolute Gasteiger partial charge is 0.354 e. The van der Waals surface area contributed by atoms with Crippen LogP contribution < -0.4 is 20.9 Å². The third-order valence-electron chi connectivity index (χ3n) is 2.68. The first-order valence-electron chi connectivity index (χ1n) is 6.51. The Kier molecular flexibility index (Phi) is 5.23. The first-order chi connectivity index (χ1) is 11.1. The molecule has 0 fully saturated rings. The molecule has 0 aliphatic heterocycles. The summed E-state index contributed by atoms with van der Waals surface area (Å²) in [6, 6.07) is 8.77. The van der Waals surface area contributed by atoms with E-state index in [9.17, 15) is 14.9 Å². The highest BCUT2D eigenvalue weighted by Gasteiger charge is 2.22. The Hall–Kier alpha value is -3.43. The summed E-state index contributed by atoms with van der Waals surface area (Å²) < 4.78 is 5.25. The van der Waals surface area contributed by atoms with E-state index in [0.717, 1.165) is 6.33 Å². The molecule has 3 N–H and O–H groups in total. The van der Waals surface area contributed by atoms with Gasteiger partial charge in [0.15, 0.2) is 6.61 Å². The Balaban J connectivity index is 1.95. The number of carbonyl (C=O) groups is 1. The topological polar surface area (TPSA) is 131 Å². The van der Waals surface area contributed by atoms with Crippen molar-refractivity contribution < 1.29 is 14.5 Å². The Morgan fingerprint density at radius 1 is 1.26 bits per heavy atom. The zero-order valence-corrected chi connectivity index (χ0v) is 12.1. The molecule has 2 aromatic rings. The van der Waals surface area contributed by atoms with Crippen LogP contribution in [0.2, 0.25) is 0 Å². The fourth-order valence-corrected chi connectivity index (χ4v) is 1.66. The third kappa shape index (κ3) is 4.27. The van der Waals surface area contributed by atoms with Crippen molar-refractivity contribution in [2.45, 2.75) is 0 Å². The van der Waals surface area contributed by atoms with Gasteiger partial charge in [-0.3, -0.25) is 25.8 Å². The van der Waals surface area contributed by atoms with Crippen LogP contribution in [0.4, 0.5) is 17.3 Å². The van der Waals surface area contributed by atoms with Crippen molar-refractivity contribution in [2.75, 3.05) is 24.4 Å². The zero-order chi connectivity index (χ0) is 16.7. The molecule has 120 valence electrons. The summed E-state index contributed by atoms with van der Waals surface area (Å²) in [5.41, 5.74) is 4.30. The number of nitrogens with one attached hydrogen (secondary N) is 3. The molecule has 10 nitrogen and oxygen atoms in total. The Bertz CT molecular complexity index is 694. The van der Waals surface area contributed by atoms with Crippen molar-refractivity contribution in [3.05, 3.63) is 46.8 Å². The van der Waals surface area contributed by atoms with Crippen molar-refractivity contribution in [2.24, 2.45) is 0 Å². The SMILES string of the molecule is CNc1ncnc(NNC(=O)COc2ccccc2)c1[N+](=O)[O-]. The number of aromatic nitrogens is 2. The van der Waals surface area contributed by atoms with E-state index in [1.54, 1.807) is 24.3 Å². The molecule has 0 bridgehead atoms. The van der Waals surface area contributed by atoms with E-state index in [4.69, 9.17) is 4.74 Å². The van der Waals surface area contributed by atoms with Crippen LogP contribution in [0.15, 0.2) is 36.7 Å². The summed E-state index contributed by atoms with van der Waals surface area (Å²) in [5, 5.41) is 13.6. The maximum atomic E-state index is 11.7. The van der Waals surface area contributed by atoms with E-state index in [2.05, 4.69) is 26.1 Å². The van der Waals surface area contributed by atoms with Crippen LogP contribution in [-0.4, -0.2) is 34.5 Å². The lowest BCUT2D eigenvalue weighted by molar-refractivity contribution is -0.383. The number of para-hydroxylation sites is 1. The molecule has 1 heterocycles. The molecule has 1 amide bonds. The summed E-state index contributed by atoms with van der Waals surface area (Å²) in [6.07, 6.45) is 1.13. The lowest BCUT2D eigenvalue weighted by Gasteiger charge is -2.10. The van der Waals surface area contributed by atoms with Gasteiger partial charge < -0.3 is 10.1 Å². The predicted octanol–water partition coefficient (Wildman–Crippen LogP) is 0.949. The van der Waals surface area contributed by atoms with Crippen molar-refractivity contribution >= 4 is 23.2 Å². The van der Waals surface area contributed by atoms with E-state index in [1.165, 1.54) is 7.05 Å². The lowest BCUT2D eigenvalue weighted by Crippen LogP contribution is -2.34. The number of rotatable bonds is 7. The molecule has 23 heavy (non-hydrogen) atoms. The van der Waals surface area contributed by atoms with E-state index in [-0.39, 0.29) is 23.9 Å². The van der Waals surface area contributed by atoms with E-state index < -0.39 is 10.8 Å². The van der Waals surface area contributed by atoms with Crippen LogP contribution >= 0.6 is 0 Å². The highest BCUT2D eigenvalue weighted by molar-refractivity contribution is 5.80. The van der Waals surface area contributed by atoms with Gasteiger partial charge in [-0.25, -0.2) is 9.97 Å². The quantitative estimate of drug-likeness (QED) is 0.508. The normalized spacial score (nSPS) is 9.78. The van der Waals surface area contributed by atoms with Crippen LogP contribution in [0.1, 0.15) is 0 Å². The van der Waals surface area contributed by atoms with Crippen LogP contribution in [0.25, 0.3) is 0 Å². The molecule has 0 spiro atoms. The predicted molar refractivity (Wildman–Crippen MR) is 81.9 cm³/mol. The number of hydrogen-bond acceptors (Lipinski definition) is 8. The van der Waals surface area contributed by atoms with Gasteiger partial charge in [0.25, 0.3) is 5.91 Å². The van der Waals surface area contributed by atoms with Gasteiger partial charge in [-0.2, -0.15) is 0 Å². The Morgan fingerprint density at radius 2 is 1.96 bits per heavy atom. The molecule has 10 heteroatoms. The number of benzene rings is 1. The van der Waals surface area contributed by atoms with Crippen LogP contribution in [0.3, 0.4) is 0 Å². The molecule has 0 radical (unpaired) electrons. The fraction of sp³-hybridized carbons (Fsp3) is 0.154. The molecule has 0 saturated heterocycles. The minimum atomic E-state index is -0.652. The molecule has 0 atom stereocenters. The second kappa shape index (κ2) is 7.54. The molecule has 1 aromatic carbocycles. The number of nitro groups is 1. The molecule has 0 unspecified atom stereocenters. The lowest BCUT2D eigenvalue weighted by atomic mass is 10.3. The van der Waals surface area contributed by atoms with Crippen molar-refractivity contribution in [3.8, 4) is 5.75 Å². The molecule has 0 aliphatic rings. The molecule has 1 aromatic heterocycles. The summed E-state index contributed by atoms with van der Waals surface area (Å²) in [4.78, 5) is 29.6. The second-order valence-corrected chi connectivity index (χ2v) is 4.20. The fourth-order valence-electron chi connectivity index (χ4n) is 1.66. The summed E-state index contributed by atoms with van der Waals surface area (Å²) >= 11 is 0. The number of ether oxygens (including phenoxy) is 1. The van der Waals surface area contributed by atoms with E-state index in [1.807, 2.05) is 6.07 Å². The van der Waals surface area contributed by atoms with Gasteiger partial charge in [0.1, 0.15) is 12.1 Å². The highest BCUT2D eigenvalue weighted by Crippen LogP contribution is 2.27. The third-order valence-corrected chi connectivity index (χ3v) is 2.68. The van der Waals surface area contributed by atoms with Gasteiger partial charge in [0.2, 0.25) is 11.6 Å². The second-order valence-electron chi connectivity index (χ2n) is 4.20. The van der Waals surface area contributed by atoms with Crippen molar-refractivity contribution in [1.82, 2.24) is 15.4 Å². The number of carbonyl (C=O) groups excluding carboxylic acids is 1. The minimum absolute atomic E-state index is 0.0299. The van der Waals surface area contributed by atoms with Crippen LogP contribution in [-0.2, 0) is 4.79 Å². The first-order valence-corrected chi connectivity index (χ1v) is 6.51. The van der Waals surface area contributed by atoms with E-state index in [0.29, 0.717) is 5.75 Å². The molecule has 0 saturated carbocycles. The van der Waals surface area contributed by atoms with Crippen LogP contribution in [0, 0.1) is 10.1 Å². The first kappa shape index (κ1) is 15.9. The highest BCUT2D eigenvalue weighted by atomic mass is 16.6. The average molecular weight is 318 g/mol. The summed E-state index contributed by atoms with van der Waals surface area (Å²) in [7, 11) is 1.49. The minimum Gasteiger partial charge on any atom is -0.484 e. The molecular formula is C13H14N6O4. The van der Waals surface area contributed by atoms with Gasteiger partial charge in [-0.1, -0.05) is 18.2 Å². The number of anilines is 2. The number of nitrogens with zero attached hydrogens (tertiary/aromatic N) is 3. The monoisotopic (exact) mass is 318 g/mol. The van der Waals surface area contributed by atoms with E-state index >= 15 is 0 Å². The van der Waals surface area contributed by atoms with Gasteiger partial charge in [0.05, 0.1) is 4.92 Å².